The van der Waals surface area contributed by atoms with Gasteiger partial charge in [0.05, 0.1) is 21.3 Å². The van der Waals surface area contributed by atoms with E-state index in [1.54, 1.807) is 62.0 Å². The molecule has 1 aromatic rings. The standard InChI is InChI=1S/C17H23NO5S2/c1-21-13-6-7-15(22-2)12(9-13)5-8-16(19)18-14(17(20)23-3)10-25-11-24-4/h5-9,14H,10-11H2,1-4H3,(H,18,19)/b8-5+/t14-/m1/s1. The molecular weight excluding hydrogens is 362 g/mol. The van der Waals surface area contributed by atoms with E-state index in [9.17, 15) is 9.59 Å². The summed E-state index contributed by atoms with van der Waals surface area (Å²) in [4.78, 5) is 23.9. The van der Waals surface area contributed by atoms with Gasteiger partial charge in [-0.15, -0.1) is 11.8 Å². The zero-order valence-corrected chi connectivity index (χ0v) is 16.4. The smallest absolute Gasteiger partial charge is 0.329 e. The van der Waals surface area contributed by atoms with E-state index in [4.69, 9.17) is 14.2 Å². The zero-order chi connectivity index (χ0) is 18.7. The van der Waals surface area contributed by atoms with Crippen molar-refractivity contribution in [3.05, 3.63) is 29.8 Å². The van der Waals surface area contributed by atoms with Gasteiger partial charge in [0.15, 0.2) is 0 Å². The Morgan fingerprint density at radius 1 is 1.24 bits per heavy atom. The van der Waals surface area contributed by atoms with E-state index in [-0.39, 0.29) is 5.91 Å². The van der Waals surface area contributed by atoms with Gasteiger partial charge in [0, 0.05) is 22.5 Å². The molecule has 0 unspecified atom stereocenters. The van der Waals surface area contributed by atoms with Crippen LogP contribution < -0.4 is 14.8 Å². The Morgan fingerprint density at radius 2 is 2.00 bits per heavy atom. The molecule has 0 saturated heterocycles. The average molecular weight is 386 g/mol. The number of benzene rings is 1. The number of carbonyl (C=O) groups is 2. The second-order valence-corrected chi connectivity index (χ2v) is 7.06. The predicted molar refractivity (Wildman–Crippen MR) is 103 cm³/mol. The van der Waals surface area contributed by atoms with E-state index in [0.717, 1.165) is 5.08 Å². The molecule has 0 saturated carbocycles. The van der Waals surface area contributed by atoms with Crippen molar-refractivity contribution in [3.8, 4) is 11.5 Å². The Balaban J connectivity index is 2.78. The van der Waals surface area contributed by atoms with Crippen LogP contribution in [0, 0.1) is 0 Å². The Bertz CT molecular complexity index is 607. The third-order valence-corrected chi connectivity index (χ3v) is 5.32. The fourth-order valence-corrected chi connectivity index (χ4v) is 3.42. The number of amides is 1. The van der Waals surface area contributed by atoms with Gasteiger partial charge in [0.25, 0.3) is 0 Å². The number of hydrogen-bond donors (Lipinski definition) is 1. The molecule has 0 radical (unpaired) electrons. The molecule has 0 heterocycles. The van der Waals surface area contributed by atoms with Gasteiger partial charge in [0.1, 0.15) is 17.5 Å². The molecule has 0 bridgehead atoms. The Morgan fingerprint density at radius 3 is 2.60 bits per heavy atom. The Hall–Kier alpha value is -1.80. The van der Waals surface area contributed by atoms with E-state index in [2.05, 4.69) is 5.32 Å². The third kappa shape index (κ3) is 7.31. The highest BCUT2D eigenvalue weighted by Crippen LogP contribution is 2.25. The van der Waals surface area contributed by atoms with Gasteiger partial charge in [-0.05, 0) is 30.5 Å². The maximum atomic E-state index is 12.1. The fourth-order valence-electron chi connectivity index (χ4n) is 1.92. The Kier molecular flexibility index (Phi) is 9.94. The molecule has 0 aliphatic heterocycles. The summed E-state index contributed by atoms with van der Waals surface area (Å²) in [6, 6.07) is 4.60. The van der Waals surface area contributed by atoms with Crippen LogP contribution in [0.15, 0.2) is 24.3 Å². The molecule has 1 N–H and O–H groups in total. The van der Waals surface area contributed by atoms with Crippen LogP contribution in [0.3, 0.4) is 0 Å². The number of carbonyl (C=O) groups excluding carboxylic acids is 2. The van der Waals surface area contributed by atoms with Gasteiger partial charge in [-0.25, -0.2) is 4.79 Å². The predicted octanol–water partition coefficient (Wildman–Crippen LogP) is 2.43. The first-order valence-electron chi connectivity index (χ1n) is 7.40. The molecule has 8 heteroatoms. The van der Waals surface area contributed by atoms with Gasteiger partial charge in [-0.2, -0.15) is 11.8 Å². The molecule has 0 aliphatic carbocycles. The van der Waals surface area contributed by atoms with E-state index in [1.165, 1.54) is 13.2 Å². The largest absolute Gasteiger partial charge is 0.497 e. The molecule has 25 heavy (non-hydrogen) atoms. The molecule has 0 aromatic heterocycles. The minimum atomic E-state index is -0.688. The molecule has 6 nitrogen and oxygen atoms in total. The van der Waals surface area contributed by atoms with Crippen LogP contribution in [0.5, 0.6) is 11.5 Å². The van der Waals surface area contributed by atoms with E-state index in [1.807, 2.05) is 6.26 Å². The quantitative estimate of drug-likeness (QED) is 0.287. The lowest BCUT2D eigenvalue weighted by Gasteiger charge is -2.14. The van der Waals surface area contributed by atoms with Gasteiger partial charge >= 0.3 is 5.97 Å². The Labute approximate surface area is 156 Å². The van der Waals surface area contributed by atoms with Crippen molar-refractivity contribution in [2.45, 2.75) is 6.04 Å². The minimum Gasteiger partial charge on any atom is -0.497 e. The van der Waals surface area contributed by atoms with E-state index in [0.29, 0.717) is 22.8 Å². The first-order valence-corrected chi connectivity index (χ1v) is 9.95. The topological polar surface area (TPSA) is 73.9 Å². The second-order valence-electron chi connectivity index (χ2n) is 4.80. The number of esters is 1. The summed E-state index contributed by atoms with van der Waals surface area (Å²) in [6.07, 6.45) is 4.94. The van der Waals surface area contributed by atoms with Gasteiger partial charge in [-0.1, -0.05) is 0 Å². The van der Waals surface area contributed by atoms with Gasteiger partial charge < -0.3 is 19.5 Å². The van der Waals surface area contributed by atoms with Crippen molar-refractivity contribution in [3.63, 3.8) is 0 Å². The van der Waals surface area contributed by atoms with Crippen LogP contribution in [0.25, 0.3) is 6.08 Å². The lowest BCUT2D eigenvalue weighted by molar-refractivity contribution is -0.143. The van der Waals surface area contributed by atoms with Crippen molar-refractivity contribution in [2.75, 3.05) is 38.4 Å². The maximum Gasteiger partial charge on any atom is 0.329 e. The number of thioether (sulfide) groups is 2. The average Bonchev–Trinajstić information content (AvgIpc) is 2.64. The van der Waals surface area contributed by atoms with Crippen LogP contribution >= 0.6 is 23.5 Å². The highest BCUT2D eigenvalue weighted by Gasteiger charge is 2.20. The number of hydrogen-bond acceptors (Lipinski definition) is 7. The number of methoxy groups -OCH3 is 3. The van der Waals surface area contributed by atoms with Crippen LogP contribution in [0.1, 0.15) is 5.56 Å². The lowest BCUT2D eigenvalue weighted by Crippen LogP contribution is -2.42. The van der Waals surface area contributed by atoms with Crippen molar-refractivity contribution in [1.29, 1.82) is 0 Å². The van der Waals surface area contributed by atoms with E-state index < -0.39 is 12.0 Å². The van der Waals surface area contributed by atoms with Crippen molar-refractivity contribution >= 4 is 41.5 Å². The summed E-state index contributed by atoms with van der Waals surface area (Å²) < 4.78 is 15.2. The molecule has 0 fully saturated rings. The third-order valence-electron chi connectivity index (χ3n) is 3.14. The molecular formula is C17H23NO5S2. The molecule has 138 valence electrons. The number of rotatable bonds is 10. The SMILES string of the molecule is COC(=O)[C@@H](CSCSC)NC(=O)/C=C/c1cc(OC)ccc1OC. The van der Waals surface area contributed by atoms with Gasteiger partial charge in [0.2, 0.25) is 5.91 Å². The van der Waals surface area contributed by atoms with Crippen LogP contribution in [-0.4, -0.2) is 56.3 Å². The molecule has 1 amide bonds. The summed E-state index contributed by atoms with van der Waals surface area (Å²) >= 11 is 3.21. The van der Waals surface area contributed by atoms with Crippen LogP contribution in [0.2, 0.25) is 0 Å². The van der Waals surface area contributed by atoms with Crippen LogP contribution in [0.4, 0.5) is 0 Å². The summed E-state index contributed by atoms with van der Waals surface area (Å²) in [5.74, 6) is 0.876. The number of ether oxygens (including phenoxy) is 3. The van der Waals surface area contributed by atoms with Crippen molar-refractivity contribution < 1.29 is 23.8 Å². The molecule has 1 aromatic carbocycles. The van der Waals surface area contributed by atoms with E-state index >= 15 is 0 Å². The fraction of sp³-hybridized carbons (Fsp3) is 0.412. The summed E-state index contributed by atoms with van der Waals surface area (Å²) in [7, 11) is 4.42. The first kappa shape index (κ1) is 21.2. The molecule has 1 rings (SSSR count). The van der Waals surface area contributed by atoms with Crippen molar-refractivity contribution in [1.82, 2.24) is 5.32 Å². The summed E-state index contributed by atoms with van der Waals surface area (Å²) in [6.45, 7) is 0. The normalized spacial score (nSPS) is 11.8. The van der Waals surface area contributed by atoms with Gasteiger partial charge in [-0.3, -0.25) is 4.79 Å². The lowest BCUT2D eigenvalue weighted by atomic mass is 10.1. The minimum absolute atomic E-state index is 0.384. The maximum absolute atomic E-state index is 12.1. The summed E-state index contributed by atoms with van der Waals surface area (Å²) in [5.41, 5.74) is 0.698. The zero-order valence-electron chi connectivity index (χ0n) is 14.7. The molecule has 0 aliphatic rings. The number of nitrogens with one attached hydrogen (secondary N) is 1. The molecule has 0 spiro atoms. The second kappa shape index (κ2) is 11.7. The first-order chi connectivity index (χ1) is 12.0. The highest BCUT2D eigenvalue weighted by molar-refractivity contribution is 8.15. The monoisotopic (exact) mass is 385 g/mol. The van der Waals surface area contributed by atoms with Crippen LogP contribution in [-0.2, 0) is 14.3 Å². The molecule has 1 atom stereocenters. The summed E-state index contributed by atoms with van der Waals surface area (Å²) in [5, 5.41) is 3.49. The highest BCUT2D eigenvalue weighted by atomic mass is 32.2. The van der Waals surface area contributed by atoms with Crippen molar-refractivity contribution in [2.24, 2.45) is 0 Å².